The molecule has 0 bridgehead atoms. The van der Waals surface area contributed by atoms with Gasteiger partial charge < -0.3 is 10.1 Å². The number of ether oxygens (including phenoxy) is 1. The monoisotopic (exact) mass is 516 g/mol. The highest BCUT2D eigenvalue weighted by atomic mass is 127. The Morgan fingerprint density at radius 1 is 1.00 bits per heavy atom. The molecule has 3 atom stereocenters. The van der Waals surface area contributed by atoms with E-state index in [9.17, 15) is 0 Å². The first-order chi connectivity index (χ1) is 14.7. The lowest BCUT2D eigenvalue weighted by Crippen LogP contribution is -2.47. The van der Waals surface area contributed by atoms with Crippen LogP contribution in [0.25, 0.3) is 0 Å². The number of alkyl halides is 1. The number of halogens is 1. The lowest BCUT2D eigenvalue weighted by Gasteiger charge is -2.46. The molecule has 2 fully saturated rings. The Kier molecular flexibility index (Phi) is 6.18. The minimum Gasteiger partial charge on any atom is -0.375 e. The maximum Gasteiger partial charge on any atom is 0.0691 e. The zero-order chi connectivity index (χ0) is 20.4. The van der Waals surface area contributed by atoms with E-state index in [-0.39, 0.29) is 11.0 Å². The van der Waals surface area contributed by atoms with Crippen molar-refractivity contribution < 1.29 is 4.74 Å². The Bertz CT molecular complexity index is 851. The van der Waals surface area contributed by atoms with Crippen LogP contribution in [0.3, 0.4) is 0 Å². The van der Waals surface area contributed by atoms with Gasteiger partial charge in [-0.25, -0.2) is 0 Å². The molecule has 3 aliphatic rings. The van der Waals surface area contributed by atoms with Crippen molar-refractivity contribution >= 4 is 22.6 Å². The van der Waals surface area contributed by atoms with Gasteiger partial charge in [-0.2, -0.15) is 0 Å². The van der Waals surface area contributed by atoms with E-state index in [4.69, 9.17) is 9.72 Å². The van der Waals surface area contributed by atoms with Crippen LogP contribution in [0.5, 0.6) is 0 Å². The van der Waals surface area contributed by atoms with Gasteiger partial charge in [0.25, 0.3) is 0 Å². The maximum absolute atomic E-state index is 6.41. The number of nitrogens with one attached hydrogen (secondary N) is 1. The first kappa shape index (κ1) is 20.9. The second-order valence-corrected chi connectivity index (χ2v) is 11.1. The second kappa shape index (κ2) is 8.87. The quantitative estimate of drug-likeness (QED) is 0.367. The topological polar surface area (TPSA) is 34.2 Å². The van der Waals surface area contributed by atoms with Crippen molar-refractivity contribution in [3.63, 3.8) is 0 Å². The number of rotatable bonds is 5. The standard InChI is InChI=1S/C26H33IN2O/c27-22-10-11-23(21-8-2-1-7-20(21)22)28-17-14-25(24-9-3-6-16-29-24)15-18-30-26(19-25)12-4-5-13-26/h1-3,6-9,16,22-23,28H,4-5,10-15,17-19H2/t22?,23-,25+/m0/s1. The van der Waals surface area contributed by atoms with Crippen LogP contribution in [-0.2, 0) is 10.2 Å². The summed E-state index contributed by atoms with van der Waals surface area (Å²) in [5.74, 6) is 0. The summed E-state index contributed by atoms with van der Waals surface area (Å²) in [5.41, 5.74) is 4.54. The highest BCUT2D eigenvalue weighted by molar-refractivity contribution is 14.1. The van der Waals surface area contributed by atoms with Crippen LogP contribution in [0, 0.1) is 0 Å². The van der Waals surface area contributed by atoms with Gasteiger partial charge in [-0.15, -0.1) is 0 Å². The SMILES string of the molecule is IC1CC[C@H](NCC[C@@]2(c3ccccn3)CCOC3(CCCC3)C2)c2ccccc21. The summed E-state index contributed by atoms with van der Waals surface area (Å²) in [7, 11) is 0. The van der Waals surface area contributed by atoms with Gasteiger partial charge in [0.1, 0.15) is 0 Å². The number of nitrogens with zero attached hydrogens (tertiary/aromatic N) is 1. The van der Waals surface area contributed by atoms with Crippen LogP contribution in [0.15, 0.2) is 48.7 Å². The second-order valence-electron chi connectivity index (χ2n) is 9.59. The highest BCUT2D eigenvalue weighted by Crippen LogP contribution is 2.50. The Morgan fingerprint density at radius 3 is 2.60 bits per heavy atom. The van der Waals surface area contributed by atoms with Gasteiger partial charge >= 0.3 is 0 Å². The molecule has 5 rings (SSSR count). The Balaban J connectivity index is 1.34. The first-order valence-corrected chi connectivity index (χ1v) is 13.0. The normalized spacial score (nSPS) is 30.3. The molecule has 1 N–H and O–H groups in total. The molecular formula is C26H33IN2O. The van der Waals surface area contributed by atoms with Crippen molar-refractivity contribution in [2.75, 3.05) is 13.2 Å². The molecule has 4 heteroatoms. The van der Waals surface area contributed by atoms with Crippen molar-refractivity contribution in [1.29, 1.82) is 0 Å². The largest absolute Gasteiger partial charge is 0.375 e. The molecule has 2 aliphatic carbocycles. The van der Waals surface area contributed by atoms with Crippen LogP contribution in [0.1, 0.15) is 84.6 Å². The molecule has 0 amide bonds. The Morgan fingerprint density at radius 2 is 1.80 bits per heavy atom. The number of hydrogen-bond donors (Lipinski definition) is 1. The molecule has 2 aromatic rings. The minimum absolute atomic E-state index is 0.0989. The van der Waals surface area contributed by atoms with E-state index in [2.05, 4.69) is 64.3 Å². The molecule has 3 nitrogen and oxygen atoms in total. The molecule has 1 spiro atoms. The predicted octanol–water partition coefficient (Wildman–Crippen LogP) is 6.43. The van der Waals surface area contributed by atoms with E-state index >= 15 is 0 Å². The molecule has 2 heterocycles. The number of aromatic nitrogens is 1. The molecular weight excluding hydrogens is 483 g/mol. The lowest BCUT2D eigenvalue weighted by atomic mass is 9.68. The van der Waals surface area contributed by atoms with Gasteiger partial charge in [-0.3, -0.25) is 4.98 Å². The van der Waals surface area contributed by atoms with Crippen LogP contribution in [0.2, 0.25) is 0 Å². The van der Waals surface area contributed by atoms with Gasteiger partial charge in [0.15, 0.2) is 0 Å². The van der Waals surface area contributed by atoms with Gasteiger partial charge in [-0.05, 0) is 74.8 Å². The third-order valence-electron chi connectivity index (χ3n) is 7.78. The van der Waals surface area contributed by atoms with Gasteiger partial charge in [-0.1, -0.05) is 65.8 Å². The Labute approximate surface area is 194 Å². The lowest BCUT2D eigenvalue weighted by molar-refractivity contribution is -0.104. The molecule has 1 unspecified atom stereocenters. The van der Waals surface area contributed by atoms with E-state index in [0.29, 0.717) is 9.97 Å². The fourth-order valence-electron chi connectivity index (χ4n) is 6.23. The summed E-state index contributed by atoms with van der Waals surface area (Å²) < 4.78 is 7.06. The van der Waals surface area contributed by atoms with E-state index < -0.39 is 0 Å². The zero-order valence-electron chi connectivity index (χ0n) is 17.8. The molecule has 160 valence electrons. The average Bonchev–Trinajstić information content (AvgIpc) is 3.23. The van der Waals surface area contributed by atoms with Crippen LogP contribution >= 0.6 is 22.6 Å². The van der Waals surface area contributed by atoms with E-state index in [0.717, 1.165) is 32.4 Å². The molecule has 1 aromatic carbocycles. The third-order valence-corrected chi connectivity index (χ3v) is 9.08. The van der Waals surface area contributed by atoms with E-state index in [1.54, 1.807) is 0 Å². The Hall–Kier alpha value is -0.980. The van der Waals surface area contributed by atoms with Crippen molar-refractivity contribution in [3.8, 4) is 0 Å². The summed E-state index contributed by atoms with van der Waals surface area (Å²) >= 11 is 2.61. The first-order valence-electron chi connectivity index (χ1n) is 11.7. The summed E-state index contributed by atoms with van der Waals surface area (Å²) in [6.45, 7) is 1.91. The minimum atomic E-state index is 0.0989. The van der Waals surface area contributed by atoms with Gasteiger partial charge in [0.05, 0.1) is 5.60 Å². The van der Waals surface area contributed by atoms with Crippen LogP contribution < -0.4 is 5.32 Å². The molecule has 30 heavy (non-hydrogen) atoms. The predicted molar refractivity (Wildman–Crippen MR) is 130 cm³/mol. The summed E-state index contributed by atoms with van der Waals surface area (Å²) in [6, 6.07) is 16.0. The average molecular weight is 516 g/mol. The van der Waals surface area contributed by atoms with E-state index in [1.807, 2.05) is 12.3 Å². The van der Waals surface area contributed by atoms with E-state index in [1.165, 1.54) is 55.3 Å². The fraction of sp³-hybridized carbons (Fsp3) is 0.577. The summed E-state index contributed by atoms with van der Waals surface area (Å²) in [6.07, 6.45) is 12.9. The zero-order valence-corrected chi connectivity index (χ0v) is 19.9. The molecule has 1 saturated heterocycles. The third kappa shape index (κ3) is 4.07. The maximum atomic E-state index is 6.41. The van der Waals surface area contributed by atoms with Gasteiger partial charge in [0.2, 0.25) is 0 Å². The fourth-order valence-corrected chi connectivity index (χ4v) is 7.16. The summed E-state index contributed by atoms with van der Waals surface area (Å²) in [5, 5.41) is 3.95. The number of pyridine rings is 1. The van der Waals surface area contributed by atoms with Crippen molar-refractivity contribution in [2.45, 2.75) is 78.8 Å². The number of benzene rings is 1. The smallest absolute Gasteiger partial charge is 0.0691 e. The van der Waals surface area contributed by atoms with Gasteiger partial charge in [0, 0.05) is 33.9 Å². The number of fused-ring (bicyclic) bond motifs is 1. The highest BCUT2D eigenvalue weighted by Gasteiger charge is 2.48. The number of hydrogen-bond acceptors (Lipinski definition) is 3. The molecule has 1 aromatic heterocycles. The molecule has 1 saturated carbocycles. The van der Waals surface area contributed by atoms with Crippen molar-refractivity contribution in [3.05, 3.63) is 65.5 Å². The van der Waals surface area contributed by atoms with Crippen LogP contribution in [-0.4, -0.2) is 23.7 Å². The van der Waals surface area contributed by atoms with Crippen LogP contribution in [0.4, 0.5) is 0 Å². The van der Waals surface area contributed by atoms with Crippen molar-refractivity contribution in [1.82, 2.24) is 10.3 Å². The summed E-state index contributed by atoms with van der Waals surface area (Å²) in [4.78, 5) is 4.86. The molecule has 1 aliphatic heterocycles. The molecule has 0 radical (unpaired) electrons. The van der Waals surface area contributed by atoms with Crippen molar-refractivity contribution in [2.24, 2.45) is 0 Å².